The predicted octanol–water partition coefficient (Wildman–Crippen LogP) is 0.914. The fourth-order valence-corrected chi connectivity index (χ4v) is 3.03. The highest BCUT2D eigenvalue weighted by Gasteiger charge is 2.36. The van der Waals surface area contributed by atoms with Crippen LogP contribution < -0.4 is 5.73 Å². The van der Waals surface area contributed by atoms with Gasteiger partial charge in [-0.2, -0.15) is 0 Å². The summed E-state index contributed by atoms with van der Waals surface area (Å²) in [6.07, 6.45) is 3.06. The molecule has 2 heterocycles. The van der Waals surface area contributed by atoms with Crippen molar-refractivity contribution in [2.45, 2.75) is 39.2 Å². The van der Waals surface area contributed by atoms with Crippen LogP contribution in [0.1, 0.15) is 33.1 Å². The van der Waals surface area contributed by atoms with Gasteiger partial charge in [0, 0.05) is 32.1 Å². The van der Waals surface area contributed by atoms with E-state index in [-0.39, 0.29) is 0 Å². The first-order valence-electron chi connectivity index (χ1n) is 7.32. The maximum absolute atomic E-state index is 12.0. The van der Waals surface area contributed by atoms with E-state index in [0.717, 1.165) is 32.0 Å². The minimum atomic E-state index is 0.321. The first-order valence-corrected chi connectivity index (χ1v) is 7.32. The monoisotopic (exact) mass is 253 g/mol. The smallest absolute Gasteiger partial charge is 0.223 e. The quantitative estimate of drug-likeness (QED) is 0.792. The van der Waals surface area contributed by atoms with Crippen molar-refractivity contribution >= 4 is 5.91 Å². The van der Waals surface area contributed by atoms with Gasteiger partial charge in [-0.3, -0.25) is 4.79 Å². The van der Waals surface area contributed by atoms with Crippen LogP contribution in [0.3, 0.4) is 0 Å². The molecule has 2 fully saturated rings. The molecule has 0 aromatic rings. The Labute approximate surface area is 110 Å². The number of rotatable bonds is 5. The molecule has 0 aliphatic carbocycles. The molecule has 2 rings (SSSR count). The standard InChI is InChI=1S/C14H27N3O/c1-11(2)3-5-16-6-4-13(10-16)17-9-12(8-15)7-14(17)18/h11-13H,3-10,15H2,1-2H3. The van der Waals surface area contributed by atoms with Gasteiger partial charge in [-0.15, -0.1) is 0 Å². The van der Waals surface area contributed by atoms with Crippen LogP contribution in [0.15, 0.2) is 0 Å². The number of hydrogen-bond donors (Lipinski definition) is 1. The second-order valence-electron chi connectivity index (χ2n) is 6.28. The Balaban J connectivity index is 1.80. The second-order valence-corrected chi connectivity index (χ2v) is 6.28. The van der Waals surface area contributed by atoms with Crippen LogP contribution in [-0.4, -0.2) is 54.5 Å². The van der Waals surface area contributed by atoms with E-state index in [4.69, 9.17) is 5.73 Å². The van der Waals surface area contributed by atoms with Gasteiger partial charge < -0.3 is 15.5 Å². The van der Waals surface area contributed by atoms with E-state index in [0.29, 0.717) is 30.8 Å². The molecule has 1 amide bonds. The molecule has 2 unspecified atom stereocenters. The number of carbonyl (C=O) groups excluding carboxylic acids is 1. The first kappa shape index (κ1) is 13.8. The number of nitrogens with two attached hydrogens (primary N) is 1. The molecule has 0 aromatic carbocycles. The summed E-state index contributed by atoms with van der Waals surface area (Å²) in [5.41, 5.74) is 5.68. The van der Waals surface area contributed by atoms with Crippen LogP contribution in [0.2, 0.25) is 0 Å². The fraction of sp³-hybridized carbons (Fsp3) is 0.929. The lowest BCUT2D eigenvalue weighted by Crippen LogP contribution is -2.39. The van der Waals surface area contributed by atoms with Gasteiger partial charge in [0.15, 0.2) is 0 Å². The second kappa shape index (κ2) is 6.02. The third-order valence-corrected chi connectivity index (χ3v) is 4.28. The summed E-state index contributed by atoms with van der Waals surface area (Å²) in [5.74, 6) is 1.47. The van der Waals surface area contributed by atoms with Gasteiger partial charge in [-0.1, -0.05) is 13.8 Å². The molecule has 2 N–H and O–H groups in total. The van der Waals surface area contributed by atoms with E-state index in [1.54, 1.807) is 0 Å². The van der Waals surface area contributed by atoms with Crippen LogP contribution in [0, 0.1) is 11.8 Å². The number of nitrogens with zero attached hydrogens (tertiary/aromatic N) is 2. The van der Waals surface area contributed by atoms with E-state index < -0.39 is 0 Å². The Hall–Kier alpha value is -0.610. The fourth-order valence-electron chi connectivity index (χ4n) is 3.03. The summed E-state index contributed by atoms with van der Waals surface area (Å²) in [7, 11) is 0. The number of hydrogen-bond acceptors (Lipinski definition) is 3. The van der Waals surface area contributed by atoms with E-state index in [9.17, 15) is 4.79 Å². The third kappa shape index (κ3) is 3.23. The van der Waals surface area contributed by atoms with Crippen LogP contribution in [0.5, 0.6) is 0 Å². The van der Waals surface area contributed by atoms with Crippen molar-refractivity contribution in [3.8, 4) is 0 Å². The summed E-state index contributed by atoms with van der Waals surface area (Å²) < 4.78 is 0. The SMILES string of the molecule is CC(C)CCN1CCC(N2CC(CN)CC2=O)C1. The Bertz CT molecular complexity index is 293. The zero-order chi connectivity index (χ0) is 13.1. The van der Waals surface area contributed by atoms with E-state index >= 15 is 0 Å². The highest BCUT2D eigenvalue weighted by atomic mass is 16.2. The topological polar surface area (TPSA) is 49.6 Å². The van der Waals surface area contributed by atoms with Crippen molar-refractivity contribution in [2.24, 2.45) is 17.6 Å². The normalized spacial score (nSPS) is 29.8. The van der Waals surface area contributed by atoms with Crippen LogP contribution in [-0.2, 0) is 4.79 Å². The van der Waals surface area contributed by atoms with E-state index in [1.807, 2.05) is 0 Å². The Morgan fingerprint density at radius 1 is 1.39 bits per heavy atom. The maximum atomic E-state index is 12.0. The van der Waals surface area contributed by atoms with Crippen LogP contribution in [0.4, 0.5) is 0 Å². The maximum Gasteiger partial charge on any atom is 0.223 e. The highest BCUT2D eigenvalue weighted by Crippen LogP contribution is 2.24. The molecule has 0 bridgehead atoms. The van der Waals surface area contributed by atoms with Crippen LogP contribution >= 0.6 is 0 Å². The Morgan fingerprint density at radius 3 is 2.78 bits per heavy atom. The predicted molar refractivity (Wildman–Crippen MR) is 73.2 cm³/mol. The molecular weight excluding hydrogens is 226 g/mol. The van der Waals surface area contributed by atoms with Crippen molar-refractivity contribution < 1.29 is 4.79 Å². The zero-order valence-electron chi connectivity index (χ0n) is 11.8. The van der Waals surface area contributed by atoms with Crippen molar-refractivity contribution in [1.29, 1.82) is 0 Å². The molecule has 0 saturated carbocycles. The Kier molecular flexibility index (Phi) is 4.62. The lowest BCUT2D eigenvalue weighted by Gasteiger charge is -2.25. The summed E-state index contributed by atoms with van der Waals surface area (Å²) in [4.78, 5) is 16.6. The summed E-state index contributed by atoms with van der Waals surface area (Å²) in [6.45, 7) is 9.46. The largest absolute Gasteiger partial charge is 0.338 e. The minimum Gasteiger partial charge on any atom is -0.338 e. The molecule has 0 radical (unpaired) electrons. The molecule has 0 spiro atoms. The van der Waals surface area contributed by atoms with Gasteiger partial charge in [0.05, 0.1) is 0 Å². The minimum absolute atomic E-state index is 0.321. The molecule has 0 aromatic heterocycles. The van der Waals surface area contributed by atoms with Gasteiger partial charge in [-0.25, -0.2) is 0 Å². The third-order valence-electron chi connectivity index (χ3n) is 4.28. The number of carbonyl (C=O) groups is 1. The van der Waals surface area contributed by atoms with Crippen molar-refractivity contribution in [1.82, 2.24) is 9.80 Å². The zero-order valence-corrected chi connectivity index (χ0v) is 11.8. The molecule has 4 heteroatoms. The summed E-state index contributed by atoms with van der Waals surface area (Å²) in [5, 5.41) is 0. The Morgan fingerprint density at radius 2 is 2.17 bits per heavy atom. The van der Waals surface area contributed by atoms with Gasteiger partial charge in [0.25, 0.3) is 0 Å². The highest BCUT2D eigenvalue weighted by molar-refractivity contribution is 5.79. The number of amides is 1. The molecule has 4 nitrogen and oxygen atoms in total. The lowest BCUT2D eigenvalue weighted by molar-refractivity contribution is -0.129. The van der Waals surface area contributed by atoms with E-state index in [1.165, 1.54) is 13.0 Å². The lowest BCUT2D eigenvalue weighted by atomic mass is 10.1. The van der Waals surface area contributed by atoms with Crippen molar-refractivity contribution in [3.63, 3.8) is 0 Å². The first-order chi connectivity index (χ1) is 8.60. The summed E-state index contributed by atoms with van der Waals surface area (Å²) >= 11 is 0. The molecule has 2 aliphatic rings. The van der Waals surface area contributed by atoms with E-state index in [2.05, 4.69) is 23.6 Å². The average Bonchev–Trinajstić information content (AvgIpc) is 2.92. The van der Waals surface area contributed by atoms with Gasteiger partial charge in [-0.05, 0) is 37.8 Å². The van der Waals surface area contributed by atoms with Crippen LogP contribution in [0.25, 0.3) is 0 Å². The van der Waals surface area contributed by atoms with Gasteiger partial charge in [0.2, 0.25) is 5.91 Å². The number of likely N-dealkylation sites (tertiary alicyclic amines) is 2. The molecule has 18 heavy (non-hydrogen) atoms. The molecule has 2 atom stereocenters. The molecular formula is C14H27N3O. The van der Waals surface area contributed by atoms with Crippen molar-refractivity contribution in [2.75, 3.05) is 32.7 Å². The molecule has 104 valence electrons. The van der Waals surface area contributed by atoms with Gasteiger partial charge in [0.1, 0.15) is 0 Å². The molecule has 2 saturated heterocycles. The molecule has 2 aliphatic heterocycles. The summed E-state index contributed by atoms with van der Waals surface area (Å²) in [6, 6.07) is 0.446. The van der Waals surface area contributed by atoms with Crippen molar-refractivity contribution in [3.05, 3.63) is 0 Å². The average molecular weight is 253 g/mol. The van der Waals surface area contributed by atoms with Gasteiger partial charge >= 0.3 is 0 Å².